The lowest BCUT2D eigenvalue weighted by Gasteiger charge is -2.12. The average Bonchev–Trinajstić information content (AvgIpc) is 2.77. The fourth-order valence-corrected chi connectivity index (χ4v) is 5.26. The Morgan fingerprint density at radius 2 is 1.67 bits per heavy atom. The minimum atomic E-state index is -3.70. The first-order valence-corrected chi connectivity index (χ1v) is 13.5. The highest BCUT2D eigenvalue weighted by Gasteiger charge is 2.16. The predicted octanol–water partition coefficient (Wildman–Crippen LogP) is 6.07. The number of carbonyl (C=O) groups is 1. The number of aryl methyl sites for hydroxylation is 2. The SMILES string of the molecule is Cc1ccc(S(=O)(=O)Nc2ccc(C(=O)NCCSCc3ccc(Cl)c(Cl)c3)cc2C)cc1. The number of benzene rings is 3. The molecule has 2 N–H and O–H groups in total. The minimum Gasteiger partial charge on any atom is -0.351 e. The van der Waals surface area contributed by atoms with Gasteiger partial charge in [0, 0.05) is 23.6 Å². The van der Waals surface area contributed by atoms with Gasteiger partial charge in [0.2, 0.25) is 0 Å². The van der Waals surface area contributed by atoms with E-state index in [4.69, 9.17) is 23.2 Å². The van der Waals surface area contributed by atoms with Gasteiger partial charge in [0.25, 0.3) is 15.9 Å². The molecule has 0 spiro atoms. The number of hydrogen-bond donors (Lipinski definition) is 2. The first kappa shape index (κ1) is 25.4. The van der Waals surface area contributed by atoms with Crippen LogP contribution in [0.2, 0.25) is 10.0 Å². The summed E-state index contributed by atoms with van der Waals surface area (Å²) in [7, 11) is -3.70. The second-order valence-corrected chi connectivity index (χ2v) is 11.1. The summed E-state index contributed by atoms with van der Waals surface area (Å²) in [6.45, 7) is 4.16. The normalized spacial score (nSPS) is 11.3. The summed E-state index contributed by atoms with van der Waals surface area (Å²) < 4.78 is 27.8. The van der Waals surface area contributed by atoms with Crippen LogP contribution in [0.5, 0.6) is 0 Å². The van der Waals surface area contributed by atoms with Gasteiger partial charge in [-0.15, -0.1) is 0 Å². The second kappa shape index (κ2) is 11.3. The molecule has 5 nitrogen and oxygen atoms in total. The summed E-state index contributed by atoms with van der Waals surface area (Å²) in [6, 6.07) is 17.1. The van der Waals surface area contributed by atoms with Gasteiger partial charge in [-0.2, -0.15) is 11.8 Å². The van der Waals surface area contributed by atoms with Gasteiger partial charge in [-0.05, 0) is 67.4 Å². The number of amides is 1. The Morgan fingerprint density at radius 1 is 0.939 bits per heavy atom. The van der Waals surface area contributed by atoms with Crippen molar-refractivity contribution in [1.82, 2.24) is 5.32 Å². The average molecular weight is 524 g/mol. The van der Waals surface area contributed by atoms with E-state index in [1.165, 1.54) is 0 Å². The van der Waals surface area contributed by atoms with E-state index in [0.717, 1.165) is 22.6 Å². The number of anilines is 1. The molecular weight excluding hydrogens is 499 g/mol. The Labute approximate surface area is 208 Å². The van der Waals surface area contributed by atoms with Crippen LogP contribution in [-0.4, -0.2) is 26.6 Å². The van der Waals surface area contributed by atoms with Crippen molar-refractivity contribution in [3.8, 4) is 0 Å². The molecule has 0 bridgehead atoms. The summed E-state index contributed by atoms with van der Waals surface area (Å²) in [6.07, 6.45) is 0. The number of nitrogens with one attached hydrogen (secondary N) is 2. The van der Waals surface area contributed by atoms with E-state index in [-0.39, 0.29) is 10.8 Å². The van der Waals surface area contributed by atoms with Crippen LogP contribution in [-0.2, 0) is 15.8 Å². The van der Waals surface area contributed by atoms with Crippen molar-refractivity contribution in [2.24, 2.45) is 0 Å². The Bertz CT molecular complexity index is 1250. The standard InChI is InChI=1S/C24H24Cl2N2O3S2/c1-16-3-7-20(8-4-16)33(30,31)28-23-10-6-19(13-17(23)2)24(29)27-11-12-32-15-18-5-9-21(25)22(26)14-18/h3-10,13-14,28H,11-12,15H2,1-2H3,(H,27,29). The summed E-state index contributed by atoms with van der Waals surface area (Å²) in [5.41, 5.74) is 3.62. The van der Waals surface area contributed by atoms with Gasteiger partial charge in [0.05, 0.1) is 20.6 Å². The predicted molar refractivity (Wildman–Crippen MR) is 138 cm³/mol. The Hall–Kier alpha value is -2.19. The number of hydrogen-bond acceptors (Lipinski definition) is 4. The van der Waals surface area contributed by atoms with Gasteiger partial charge in [-0.1, -0.05) is 47.0 Å². The first-order chi connectivity index (χ1) is 15.7. The van der Waals surface area contributed by atoms with Crippen molar-refractivity contribution in [3.63, 3.8) is 0 Å². The zero-order valence-corrected chi connectivity index (χ0v) is 21.3. The first-order valence-electron chi connectivity index (χ1n) is 10.2. The van der Waals surface area contributed by atoms with Crippen LogP contribution in [0, 0.1) is 13.8 Å². The van der Waals surface area contributed by atoms with Crippen LogP contribution in [0.3, 0.4) is 0 Å². The Morgan fingerprint density at radius 3 is 2.33 bits per heavy atom. The lowest BCUT2D eigenvalue weighted by atomic mass is 10.1. The van der Waals surface area contributed by atoms with Crippen molar-refractivity contribution in [2.75, 3.05) is 17.0 Å². The highest BCUT2D eigenvalue weighted by Crippen LogP contribution is 2.25. The van der Waals surface area contributed by atoms with Crippen LogP contribution >= 0.6 is 35.0 Å². The third-order valence-corrected chi connectivity index (χ3v) is 8.00. The molecule has 0 aliphatic rings. The number of sulfonamides is 1. The number of halogens is 2. The fourth-order valence-electron chi connectivity index (χ4n) is 3.00. The molecule has 3 rings (SSSR count). The molecule has 0 atom stereocenters. The summed E-state index contributed by atoms with van der Waals surface area (Å²) in [5.74, 6) is 1.29. The molecule has 0 saturated carbocycles. The van der Waals surface area contributed by atoms with Crippen molar-refractivity contribution in [2.45, 2.75) is 24.5 Å². The van der Waals surface area contributed by atoms with E-state index in [1.54, 1.807) is 67.2 Å². The van der Waals surface area contributed by atoms with Crippen LogP contribution in [0.1, 0.15) is 27.0 Å². The molecule has 0 aromatic heterocycles. The number of rotatable bonds is 9. The van der Waals surface area contributed by atoms with Crippen LogP contribution in [0.15, 0.2) is 65.6 Å². The van der Waals surface area contributed by atoms with Crippen LogP contribution in [0.25, 0.3) is 0 Å². The number of thioether (sulfide) groups is 1. The van der Waals surface area contributed by atoms with Gasteiger partial charge in [0.15, 0.2) is 0 Å². The van der Waals surface area contributed by atoms with Gasteiger partial charge in [-0.25, -0.2) is 8.42 Å². The summed E-state index contributed by atoms with van der Waals surface area (Å²) in [4.78, 5) is 12.7. The maximum atomic E-state index is 12.6. The Kier molecular flexibility index (Phi) is 8.70. The molecule has 33 heavy (non-hydrogen) atoms. The van der Waals surface area contributed by atoms with E-state index in [0.29, 0.717) is 33.4 Å². The highest BCUT2D eigenvalue weighted by molar-refractivity contribution is 7.98. The van der Waals surface area contributed by atoms with E-state index in [2.05, 4.69) is 10.0 Å². The molecule has 0 radical (unpaired) electrons. The zero-order valence-electron chi connectivity index (χ0n) is 18.2. The van der Waals surface area contributed by atoms with E-state index >= 15 is 0 Å². The molecular formula is C24H24Cl2N2O3S2. The molecule has 0 aliphatic heterocycles. The molecule has 0 saturated heterocycles. The van der Waals surface area contributed by atoms with Crippen LogP contribution in [0.4, 0.5) is 5.69 Å². The van der Waals surface area contributed by atoms with Gasteiger partial charge >= 0.3 is 0 Å². The molecule has 0 unspecified atom stereocenters. The molecule has 9 heteroatoms. The monoisotopic (exact) mass is 522 g/mol. The smallest absolute Gasteiger partial charge is 0.261 e. The van der Waals surface area contributed by atoms with Crippen molar-refractivity contribution in [3.05, 3.63) is 93.0 Å². The van der Waals surface area contributed by atoms with E-state index in [1.807, 2.05) is 19.1 Å². The third kappa shape index (κ3) is 7.14. The van der Waals surface area contributed by atoms with Crippen molar-refractivity contribution >= 4 is 56.6 Å². The van der Waals surface area contributed by atoms with Gasteiger partial charge in [0.1, 0.15) is 0 Å². The maximum Gasteiger partial charge on any atom is 0.261 e. The molecule has 1 amide bonds. The lowest BCUT2D eigenvalue weighted by Crippen LogP contribution is -2.26. The quantitative estimate of drug-likeness (QED) is 0.334. The second-order valence-electron chi connectivity index (χ2n) is 7.51. The van der Waals surface area contributed by atoms with Crippen molar-refractivity contribution in [1.29, 1.82) is 0 Å². The summed E-state index contributed by atoms with van der Waals surface area (Å²) in [5, 5.41) is 3.95. The maximum absolute atomic E-state index is 12.6. The molecule has 0 aliphatic carbocycles. The highest BCUT2D eigenvalue weighted by atomic mass is 35.5. The molecule has 174 valence electrons. The largest absolute Gasteiger partial charge is 0.351 e. The van der Waals surface area contributed by atoms with Gasteiger partial charge in [-0.3, -0.25) is 9.52 Å². The summed E-state index contributed by atoms with van der Waals surface area (Å²) >= 11 is 13.6. The van der Waals surface area contributed by atoms with Gasteiger partial charge < -0.3 is 5.32 Å². The molecule has 0 heterocycles. The van der Waals surface area contributed by atoms with E-state index < -0.39 is 10.0 Å². The Balaban J connectivity index is 1.51. The van der Waals surface area contributed by atoms with E-state index in [9.17, 15) is 13.2 Å². The minimum absolute atomic E-state index is 0.188. The van der Waals surface area contributed by atoms with Crippen molar-refractivity contribution < 1.29 is 13.2 Å². The fraction of sp³-hybridized carbons (Fsp3) is 0.208. The molecule has 0 fully saturated rings. The third-order valence-electron chi connectivity index (χ3n) is 4.85. The lowest BCUT2D eigenvalue weighted by molar-refractivity contribution is 0.0956. The van der Waals surface area contributed by atoms with Crippen LogP contribution < -0.4 is 10.0 Å². The molecule has 3 aromatic carbocycles. The number of carbonyl (C=O) groups excluding carboxylic acids is 1. The molecule has 3 aromatic rings. The zero-order chi connectivity index (χ0) is 24.0. The topological polar surface area (TPSA) is 75.3 Å².